The molecule has 0 aliphatic carbocycles. The van der Waals surface area contributed by atoms with Crippen LogP contribution >= 0.6 is 11.6 Å². The molecule has 2 N–H and O–H groups in total. The van der Waals surface area contributed by atoms with E-state index in [1.54, 1.807) is 20.8 Å². The molecule has 1 rings (SSSR count). The molecule has 130 valence electrons. The monoisotopic (exact) mass is 352 g/mol. The minimum Gasteiger partial charge on any atom is -0.444 e. The molecule has 0 aliphatic rings. The fourth-order valence-electron chi connectivity index (χ4n) is 1.68. The summed E-state index contributed by atoms with van der Waals surface area (Å²) in [6.07, 6.45) is -4.49. The van der Waals surface area contributed by atoms with E-state index in [9.17, 15) is 18.0 Å². The van der Waals surface area contributed by atoms with E-state index < -0.39 is 23.4 Å². The highest BCUT2D eigenvalue weighted by atomic mass is 35.5. The zero-order chi connectivity index (χ0) is 17.7. The molecule has 1 aromatic carbocycles. The number of hydrogen-bond acceptors (Lipinski definition) is 3. The molecule has 0 radical (unpaired) electrons. The predicted octanol–water partition coefficient (Wildman–Crippen LogP) is 4.69. The number of halogens is 4. The summed E-state index contributed by atoms with van der Waals surface area (Å²) in [4.78, 5) is 11.4. The smallest absolute Gasteiger partial charge is 0.417 e. The van der Waals surface area contributed by atoms with Gasteiger partial charge in [0, 0.05) is 18.8 Å². The summed E-state index contributed by atoms with van der Waals surface area (Å²) in [5, 5.41) is 5.09. The molecule has 1 aromatic rings. The van der Waals surface area contributed by atoms with Crippen molar-refractivity contribution >= 4 is 23.4 Å². The highest BCUT2D eigenvalue weighted by Crippen LogP contribution is 2.36. The van der Waals surface area contributed by atoms with Crippen molar-refractivity contribution in [3.05, 3.63) is 28.8 Å². The molecule has 0 saturated carbocycles. The Balaban J connectivity index is 2.38. The number of anilines is 1. The molecule has 0 unspecified atom stereocenters. The largest absolute Gasteiger partial charge is 0.444 e. The first-order valence-electron chi connectivity index (χ1n) is 7.06. The second-order valence-electron chi connectivity index (χ2n) is 5.90. The number of alkyl halides is 3. The van der Waals surface area contributed by atoms with Crippen molar-refractivity contribution in [2.75, 3.05) is 18.4 Å². The highest BCUT2D eigenvalue weighted by molar-refractivity contribution is 6.31. The minimum atomic E-state index is -4.49. The van der Waals surface area contributed by atoms with Gasteiger partial charge in [0.05, 0.1) is 10.6 Å². The molecule has 0 atom stereocenters. The van der Waals surface area contributed by atoms with Gasteiger partial charge in [-0.15, -0.1) is 0 Å². The first-order chi connectivity index (χ1) is 10.5. The minimum absolute atomic E-state index is 0.319. The van der Waals surface area contributed by atoms with Gasteiger partial charge in [0.15, 0.2) is 0 Å². The number of alkyl carbamates (subject to hydrolysis) is 1. The second kappa shape index (κ2) is 7.77. The summed E-state index contributed by atoms with van der Waals surface area (Å²) in [7, 11) is 0. The summed E-state index contributed by atoms with van der Waals surface area (Å²) in [5.41, 5.74) is -1.13. The van der Waals surface area contributed by atoms with E-state index in [2.05, 4.69) is 10.6 Å². The molecule has 0 heterocycles. The molecule has 0 spiro atoms. The Bertz CT molecular complexity index is 543. The third-order valence-corrected chi connectivity index (χ3v) is 2.95. The van der Waals surface area contributed by atoms with Crippen LogP contribution in [0.4, 0.5) is 23.7 Å². The zero-order valence-electron chi connectivity index (χ0n) is 13.2. The second-order valence-corrected chi connectivity index (χ2v) is 6.31. The third kappa shape index (κ3) is 7.45. The maximum atomic E-state index is 12.7. The first kappa shape index (κ1) is 19.4. The normalized spacial score (nSPS) is 12.0. The van der Waals surface area contributed by atoms with Gasteiger partial charge in [-0.3, -0.25) is 0 Å². The fraction of sp³-hybridized carbons (Fsp3) is 0.533. The Labute approximate surface area is 138 Å². The van der Waals surface area contributed by atoms with Gasteiger partial charge < -0.3 is 15.4 Å². The SMILES string of the molecule is CC(C)(C)OC(=O)NCCCNc1ccc(Cl)c(C(F)(F)F)c1. The van der Waals surface area contributed by atoms with Gasteiger partial charge in [-0.1, -0.05) is 11.6 Å². The van der Waals surface area contributed by atoms with Crippen LogP contribution in [0.5, 0.6) is 0 Å². The van der Waals surface area contributed by atoms with E-state index in [-0.39, 0.29) is 5.02 Å². The van der Waals surface area contributed by atoms with Crippen LogP contribution in [0.15, 0.2) is 18.2 Å². The summed E-state index contributed by atoms with van der Waals surface area (Å²) < 4.78 is 43.2. The van der Waals surface area contributed by atoms with E-state index >= 15 is 0 Å². The number of benzene rings is 1. The standard InChI is InChI=1S/C15H20ClF3N2O2/c1-14(2,3)23-13(22)21-8-4-7-20-10-5-6-12(16)11(9-10)15(17,18)19/h5-6,9,20H,4,7-8H2,1-3H3,(H,21,22). The molecular weight excluding hydrogens is 333 g/mol. The van der Waals surface area contributed by atoms with Crippen molar-refractivity contribution in [1.29, 1.82) is 0 Å². The van der Waals surface area contributed by atoms with Crippen LogP contribution in [0.25, 0.3) is 0 Å². The lowest BCUT2D eigenvalue weighted by atomic mass is 10.2. The van der Waals surface area contributed by atoms with Gasteiger partial charge in [-0.05, 0) is 45.4 Å². The van der Waals surface area contributed by atoms with Crippen LogP contribution in [0.2, 0.25) is 5.02 Å². The average molecular weight is 353 g/mol. The average Bonchev–Trinajstić information content (AvgIpc) is 2.36. The topological polar surface area (TPSA) is 50.4 Å². The third-order valence-electron chi connectivity index (χ3n) is 2.62. The quantitative estimate of drug-likeness (QED) is 0.756. The van der Waals surface area contributed by atoms with Crippen LogP contribution in [-0.2, 0) is 10.9 Å². The fourth-order valence-corrected chi connectivity index (χ4v) is 1.90. The zero-order valence-corrected chi connectivity index (χ0v) is 13.9. The molecule has 0 saturated heterocycles. The Hall–Kier alpha value is -1.63. The van der Waals surface area contributed by atoms with Gasteiger partial charge in [-0.2, -0.15) is 13.2 Å². The molecule has 0 aromatic heterocycles. The number of carbonyl (C=O) groups excluding carboxylic acids is 1. The summed E-state index contributed by atoms with van der Waals surface area (Å²) in [6, 6.07) is 3.63. The van der Waals surface area contributed by atoms with Gasteiger partial charge in [0.2, 0.25) is 0 Å². The highest BCUT2D eigenvalue weighted by Gasteiger charge is 2.33. The maximum Gasteiger partial charge on any atom is 0.417 e. The van der Waals surface area contributed by atoms with E-state index in [4.69, 9.17) is 16.3 Å². The molecule has 4 nitrogen and oxygen atoms in total. The number of rotatable bonds is 5. The Morgan fingerprint density at radius 2 is 1.87 bits per heavy atom. The molecule has 23 heavy (non-hydrogen) atoms. The van der Waals surface area contributed by atoms with Gasteiger partial charge in [-0.25, -0.2) is 4.79 Å². The molecule has 0 aliphatic heterocycles. The predicted molar refractivity (Wildman–Crippen MR) is 83.8 cm³/mol. The molecule has 1 amide bonds. The van der Waals surface area contributed by atoms with Crippen LogP contribution in [0, 0.1) is 0 Å². The number of carbonyl (C=O) groups is 1. The van der Waals surface area contributed by atoms with Crippen molar-refractivity contribution in [2.45, 2.75) is 39.0 Å². The number of amides is 1. The van der Waals surface area contributed by atoms with E-state index in [0.29, 0.717) is 25.2 Å². The van der Waals surface area contributed by atoms with Crippen molar-refractivity contribution in [3.63, 3.8) is 0 Å². The lowest BCUT2D eigenvalue weighted by Crippen LogP contribution is -2.33. The number of hydrogen-bond donors (Lipinski definition) is 2. The Morgan fingerprint density at radius 1 is 1.22 bits per heavy atom. The van der Waals surface area contributed by atoms with Crippen molar-refractivity contribution < 1.29 is 22.7 Å². The van der Waals surface area contributed by atoms with Gasteiger partial charge >= 0.3 is 12.3 Å². The Morgan fingerprint density at radius 3 is 2.43 bits per heavy atom. The summed E-state index contributed by atoms with van der Waals surface area (Å²) >= 11 is 5.54. The van der Waals surface area contributed by atoms with Crippen LogP contribution in [-0.4, -0.2) is 24.8 Å². The van der Waals surface area contributed by atoms with Crippen molar-refractivity contribution in [1.82, 2.24) is 5.32 Å². The Kier molecular flexibility index (Phi) is 6.56. The lowest BCUT2D eigenvalue weighted by Gasteiger charge is -2.19. The lowest BCUT2D eigenvalue weighted by molar-refractivity contribution is -0.137. The molecule has 0 fully saturated rings. The van der Waals surface area contributed by atoms with E-state index in [1.165, 1.54) is 12.1 Å². The summed E-state index contributed by atoms with van der Waals surface area (Å²) in [5.74, 6) is 0. The van der Waals surface area contributed by atoms with E-state index in [0.717, 1.165) is 6.07 Å². The number of nitrogens with one attached hydrogen (secondary N) is 2. The molecule has 0 bridgehead atoms. The molecular formula is C15H20ClF3N2O2. The molecule has 8 heteroatoms. The van der Waals surface area contributed by atoms with Crippen molar-refractivity contribution in [2.24, 2.45) is 0 Å². The van der Waals surface area contributed by atoms with Gasteiger partial charge in [0.25, 0.3) is 0 Å². The van der Waals surface area contributed by atoms with Crippen LogP contribution < -0.4 is 10.6 Å². The van der Waals surface area contributed by atoms with Crippen LogP contribution in [0.3, 0.4) is 0 Å². The van der Waals surface area contributed by atoms with Gasteiger partial charge in [0.1, 0.15) is 5.60 Å². The van der Waals surface area contributed by atoms with Crippen molar-refractivity contribution in [3.8, 4) is 0 Å². The number of ether oxygens (including phenoxy) is 1. The first-order valence-corrected chi connectivity index (χ1v) is 7.44. The summed E-state index contributed by atoms with van der Waals surface area (Å²) in [6.45, 7) is 6.02. The van der Waals surface area contributed by atoms with E-state index in [1.807, 2.05) is 0 Å². The maximum absolute atomic E-state index is 12.7. The van der Waals surface area contributed by atoms with Crippen LogP contribution in [0.1, 0.15) is 32.8 Å².